The number of piperidine rings is 1. The van der Waals surface area contributed by atoms with Gasteiger partial charge in [-0.25, -0.2) is 14.5 Å². The van der Waals surface area contributed by atoms with Crippen molar-refractivity contribution in [3.05, 3.63) is 107 Å². The van der Waals surface area contributed by atoms with Crippen molar-refractivity contribution in [1.82, 2.24) is 35.3 Å². The van der Waals surface area contributed by atoms with E-state index in [1.807, 2.05) is 55.6 Å². The lowest BCUT2D eigenvalue weighted by Gasteiger charge is -2.33. The third-order valence-corrected chi connectivity index (χ3v) is 11.3. The molecule has 3 N–H and O–H groups in total. The SMILES string of the molecule is CCc1nc2c(cnn2CC)c(NC2CCOCC2)c1CNC(=O)c1cncc(C(=O)NCc2cccc(-c3cccc(CC4CCN(C(=O)OC(C)(C)C)CC4)c3)c2)c1. The number of likely N-dealkylation sites (tertiary alicyclic amines) is 1. The largest absolute Gasteiger partial charge is 0.444 e. The minimum absolute atomic E-state index is 0.231. The topological polar surface area (TPSA) is 153 Å². The Morgan fingerprint density at radius 3 is 2.13 bits per heavy atom. The summed E-state index contributed by atoms with van der Waals surface area (Å²) < 4.78 is 13.1. The van der Waals surface area contributed by atoms with Crippen LogP contribution in [0.5, 0.6) is 0 Å². The molecule has 2 aliphatic heterocycles. The van der Waals surface area contributed by atoms with Gasteiger partial charge in [0.25, 0.3) is 11.8 Å². The molecule has 0 spiro atoms. The van der Waals surface area contributed by atoms with E-state index in [2.05, 4.69) is 69.4 Å². The van der Waals surface area contributed by atoms with Crippen molar-refractivity contribution in [2.45, 2.75) is 104 Å². The molecular weight excluding hydrogens is 757 g/mol. The number of aromatic nitrogens is 4. The van der Waals surface area contributed by atoms with Gasteiger partial charge in [-0.05, 0) is 107 Å². The van der Waals surface area contributed by atoms with Crippen molar-refractivity contribution in [2.75, 3.05) is 31.6 Å². The number of nitrogens with one attached hydrogen (secondary N) is 3. The summed E-state index contributed by atoms with van der Waals surface area (Å²) >= 11 is 0. The van der Waals surface area contributed by atoms with E-state index in [9.17, 15) is 14.4 Å². The highest BCUT2D eigenvalue weighted by molar-refractivity contribution is 5.99. The Labute approximate surface area is 352 Å². The minimum Gasteiger partial charge on any atom is -0.444 e. The van der Waals surface area contributed by atoms with E-state index in [4.69, 9.17) is 14.5 Å². The van der Waals surface area contributed by atoms with Gasteiger partial charge in [-0.1, -0.05) is 49.4 Å². The number of carbonyl (C=O) groups is 3. The smallest absolute Gasteiger partial charge is 0.410 e. The summed E-state index contributed by atoms with van der Waals surface area (Å²) in [6, 6.07) is 18.6. The first kappa shape index (κ1) is 42.3. The predicted octanol–water partition coefficient (Wildman–Crippen LogP) is 7.72. The van der Waals surface area contributed by atoms with Gasteiger partial charge in [0.2, 0.25) is 0 Å². The average molecular weight is 815 g/mol. The standard InChI is InChI=1S/C47H58N8O5/c1-6-41-39(42(52-38-16-20-59-21-17-38)40-30-51-55(7-2)43(40)53-41)29-50-45(57)37-25-36(27-48-28-37)44(56)49-26-33-11-9-13-35(24-33)34-12-8-10-32(23-34)22-31-14-18-54(19-15-31)46(58)60-47(3,4)5/h8-13,23-25,27-28,30-31,38H,6-7,14-22,26,29H2,1-5H3,(H,49,56)(H,50,57)(H,52,53). The minimum atomic E-state index is -0.495. The molecule has 13 heteroatoms. The van der Waals surface area contributed by atoms with Crippen LogP contribution in [0, 0.1) is 5.92 Å². The molecule has 3 amide bonds. The van der Waals surface area contributed by atoms with Gasteiger partial charge >= 0.3 is 6.09 Å². The van der Waals surface area contributed by atoms with Gasteiger partial charge in [-0.15, -0.1) is 0 Å². The second-order valence-electron chi connectivity index (χ2n) is 16.8. The first-order valence-electron chi connectivity index (χ1n) is 21.4. The number of carbonyl (C=O) groups excluding carboxylic acids is 3. The van der Waals surface area contributed by atoms with Gasteiger partial charge in [0.15, 0.2) is 5.65 Å². The molecule has 0 aliphatic carbocycles. The van der Waals surface area contributed by atoms with Crippen LogP contribution in [0.25, 0.3) is 22.2 Å². The highest BCUT2D eigenvalue weighted by Crippen LogP contribution is 2.32. The number of rotatable bonds is 13. The Bertz CT molecular complexity index is 2300. The van der Waals surface area contributed by atoms with E-state index in [0.717, 1.165) is 76.8 Å². The van der Waals surface area contributed by atoms with Gasteiger partial charge in [-0.2, -0.15) is 5.10 Å². The molecule has 0 radical (unpaired) electrons. The van der Waals surface area contributed by atoms with Crippen LogP contribution in [0.1, 0.15) is 103 Å². The molecule has 3 aromatic heterocycles. The fourth-order valence-corrected chi connectivity index (χ4v) is 8.06. The zero-order valence-corrected chi connectivity index (χ0v) is 35.6. The number of hydrogen-bond acceptors (Lipinski definition) is 9. The van der Waals surface area contributed by atoms with Gasteiger partial charge in [0.05, 0.1) is 28.4 Å². The average Bonchev–Trinajstić information content (AvgIpc) is 3.68. The summed E-state index contributed by atoms with van der Waals surface area (Å²) in [4.78, 5) is 50.6. The molecule has 0 saturated carbocycles. The monoisotopic (exact) mass is 814 g/mol. The van der Waals surface area contributed by atoms with Gasteiger partial charge in [0.1, 0.15) is 5.60 Å². The fourth-order valence-electron chi connectivity index (χ4n) is 8.06. The van der Waals surface area contributed by atoms with Crippen molar-refractivity contribution in [2.24, 2.45) is 5.92 Å². The highest BCUT2D eigenvalue weighted by Gasteiger charge is 2.27. The number of amides is 3. The van der Waals surface area contributed by atoms with Crippen molar-refractivity contribution in [3.63, 3.8) is 0 Å². The summed E-state index contributed by atoms with van der Waals surface area (Å²) in [5, 5.41) is 15.4. The van der Waals surface area contributed by atoms with Crippen LogP contribution in [0.3, 0.4) is 0 Å². The molecule has 0 unspecified atom stereocenters. The molecule has 316 valence electrons. The van der Waals surface area contributed by atoms with Crippen LogP contribution in [0.15, 0.2) is 73.2 Å². The van der Waals surface area contributed by atoms with E-state index in [1.54, 1.807) is 6.07 Å². The van der Waals surface area contributed by atoms with Crippen LogP contribution in [0.4, 0.5) is 10.5 Å². The van der Waals surface area contributed by atoms with Crippen LogP contribution in [-0.2, 0) is 41.9 Å². The zero-order valence-electron chi connectivity index (χ0n) is 35.6. The predicted molar refractivity (Wildman–Crippen MR) is 233 cm³/mol. The van der Waals surface area contributed by atoms with E-state index in [0.29, 0.717) is 62.9 Å². The second kappa shape index (κ2) is 19.1. The maximum Gasteiger partial charge on any atom is 0.410 e. The lowest BCUT2D eigenvalue weighted by Crippen LogP contribution is -2.42. The Hall–Kier alpha value is -5.82. The van der Waals surface area contributed by atoms with Crippen molar-refractivity contribution >= 4 is 34.6 Å². The molecule has 60 heavy (non-hydrogen) atoms. The molecule has 5 aromatic rings. The fraction of sp³-hybridized carbons (Fsp3) is 0.447. The number of fused-ring (bicyclic) bond motifs is 1. The van der Waals surface area contributed by atoms with Gasteiger partial charge < -0.3 is 30.3 Å². The van der Waals surface area contributed by atoms with Crippen molar-refractivity contribution in [1.29, 1.82) is 0 Å². The number of aryl methyl sites for hydroxylation is 2. The summed E-state index contributed by atoms with van der Waals surface area (Å²) in [5.41, 5.74) is 8.08. The molecule has 5 heterocycles. The number of anilines is 1. The first-order valence-corrected chi connectivity index (χ1v) is 21.4. The number of ether oxygens (including phenoxy) is 2. The van der Waals surface area contributed by atoms with Crippen LogP contribution in [-0.4, -0.2) is 80.5 Å². The van der Waals surface area contributed by atoms with Crippen molar-refractivity contribution in [3.8, 4) is 11.1 Å². The maximum absolute atomic E-state index is 13.6. The molecule has 0 bridgehead atoms. The highest BCUT2D eigenvalue weighted by atomic mass is 16.6. The Morgan fingerprint density at radius 1 is 0.833 bits per heavy atom. The lowest BCUT2D eigenvalue weighted by molar-refractivity contribution is 0.0184. The maximum atomic E-state index is 13.6. The summed E-state index contributed by atoms with van der Waals surface area (Å²) in [6.07, 6.45) is 9.87. The van der Waals surface area contributed by atoms with E-state index >= 15 is 0 Å². The Balaban J connectivity index is 0.961. The molecule has 13 nitrogen and oxygen atoms in total. The van der Waals surface area contributed by atoms with Crippen LogP contribution < -0.4 is 16.0 Å². The summed E-state index contributed by atoms with van der Waals surface area (Å²) in [5.74, 6) is -0.155. The molecule has 2 fully saturated rings. The number of pyridine rings is 2. The third kappa shape index (κ3) is 10.5. The molecule has 2 aromatic carbocycles. The number of nitrogens with zero attached hydrogens (tertiary/aromatic N) is 5. The Kier molecular flexibility index (Phi) is 13.4. The number of hydrogen-bond donors (Lipinski definition) is 3. The molecule has 2 aliphatic rings. The summed E-state index contributed by atoms with van der Waals surface area (Å²) in [7, 11) is 0. The normalized spacial score (nSPS) is 15.2. The second-order valence-corrected chi connectivity index (χ2v) is 16.8. The molecular formula is C47H58N8O5. The van der Waals surface area contributed by atoms with E-state index in [1.165, 1.54) is 18.0 Å². The molecule has 7 rings (SSSR count). The Morgan fingerprint density at radius 2 is 1.48 bits per heavy atom. The quantitative estimate of drug-likeness (QED) is 0.109. The zero-order chi connectivity index (χ0) is 42.2. The third-order valence-electron chi connectivity index (χ3n) is 11.3. The van der Waals surface area contributed by atoms with Crippen LogP contribution in [0.2, 0.25) is 0 Å². The first-order chi connectivity index (χ1) is 29.0. The van der Waals surface area contributed by atoms with Gasteiger partial charge in [-0.3, -0.25) is 14.6 Å². The summed E-state index contributed by atoms with van der Waals surface area (Å²) in [6.45, 7) is 13.9. The molecule has 2 saturated heterocycles. The van der Waals surface area contributed by atoms with E-state index in [-0.39, 0.29) is 30.5 Å². The number of benzene rings is 2. The van der Waals surface area contributed by atoms with Crippen LogP contribution >= 0.6 is 0 Å². The molecule has 0 atom stereocenters. The van der Waals surface area contributed by atoms with E-state index < -0.39 is 5.60 Å². The lowest BCUT2D eigenvalue weighted by atomic mass is 9.89. The van der Waals surface area contributed by atoms with Crippen molar-refractivity contribution < 1.29 is 23.9 Å². The van der Waals surface area contributed by atoms with Gasteiger partial charge in [0, 0.05) is 75.6 Å².